The van der Waals surface area contributed by atoms with E-state index in [0.717, 1.165) is 28.2 Å². The molecule has 0 atom stereocenters. The van der Waals surface area contributed by atoms with E-state index in [2.05, 4.69) is 23.0 Å². The number of nitrogens with one attached hydrogen (secondary N) is 1. The van der Waals surface area contributed by atoms with E-state index in [9.17, 15) is 4.39 Å². The van der Waals surface area contributed by atoms with E-state index in [1.54, 1.807) is 12.1 Å². The highest BCUT2D eigenvalue weighted by molar-refractivity contribution is 5.41. The van der Waals surface area contributed by atoms with Gasteiger partial charge in [0.25, 0.3) is 0 Å². The van der Waals surface area contributed by atoms with Crippen molar-refractivity contribution in [2.24, 2.45) is 0 Å². The number of benzene rings is 2. The van der Waals surface area contributed by atoms with Gasteiger partial charge in [-0.05, 0) is 55.3 Å². The van der Waals surface area contributed by atoms with Gasteiger partial charge in [-0.3, -0.25) is 4.84 Å². The third-order valence-electron chi connectivity index (χ3n) is 4.07. The van der Waals surface area contributed by atoms with Crippen molar-refractivity contribution in [3.05, 3.63) is 89.0 Å². The first-order valence-electron chi connectivity index (χ1n) is 7.97. The van der Waals surface area contributed by atoms with E-state index in [-0.39, 0.29) is 5.82 Å². The lowest BCUT2D eigenvalue weighted by Crippen LogP contribution is -2.14. The zero-order chi connectivity index (χ0) is 16.9. The fourth-order valence-corrected chi connectivity index (χ4v) is 2.83. The summed E-state index contributed by atoms with van der Waals surface area (Å²) < 4.78 is 15.2. The van der Waals surface area contributed by atoms with Crippen LogP contribution in [0.1, 0.15) is 22.5 Å². The molecule has 3 aromatic rings. The van der Waals surface area contributed by atoms with Crippen molar-refractivity contribution in [3.8, 4) is 5.69 Å². The Morgan fingerprint density at radius 2 is 1.71 bits per heavy atom. The maximum Gasteiger partial charge on any atom is 0.123 e. The number of nitrogens with zero attached hydrogens (tertiary/aromatic N) is 1. The normalized spacial score (nSPS) is 11.0. The maximum absolute atomic E-state index is 13.1. The van der Waals surface area contributed by atoms with Crippen LogP contribution in [0.3, 0.4) is 0 Å². The molecule has 0 radical (unpaired) electrons. The molecule has 0 fully saturated rings. The fourth-order valence-electron chi connectivity index (χ4n) is 2.83. The zero-order valence-corrected chi connectivity index (χ0v) is 13.9. The first kappa shape index (κ1) is 16.4. The third-order valence-corrected chi connectivity index (χ3v) is 4.07. The number of hydroxylamine groups is 1. The lowest BCUT2D eigenvalue weighted by atomic mass is 10.2. The van der Waals surface area contributed by atoms with Crippen molar-refractivity contribution in [1.82, 2.24) is 10.0 Å². The lowest BCUT2D eigenvalue weighted by Gasteiger charge is -2.10. The van der Waals surface area contributed by atoms with Crippen molar-refractivity contribution in [2.45, 2.75) is 27.0 Å². The first-order chi connectivity index (χ1) is 11.6. The van der Waals surface area contributed by atoms with Gasteiger partial charge in [-0.25, -0.2) is 4.39 Å². The standard InChI is InChI=1S/C20H21FN2O/c1-15-12-18(13-22-24-14-17-6-4-3-5-7-17)16(2)23(15)20-10-8-19(21)9-11-20/h3-12,22H,13-14H2,1-2H3. The highest BCUT2D eigenvalue weighted by Crippen LogP contribution is 2.21. The Hall–Kier alpha value is -2.43. The average Bonchev–Trinajstić information content (AvgIpc) is 2.88. The summed E-state index contributed by atoms with van der Waals surface area (Å²) in [4.78, 5) is 5.54. The average molecular weight is 324 g/mol. The Morgan fingerprint density at radius 1 is 1.00 bits per heavy atom. The number of aryl methyl sites for hydroxylation is 1. The molecule has 1 heterocycles. The molecule has 24 heavy (non-hydrogen) atoms. The summed E-state index contributed by atoms with van der Waals surface area (Å²) in [5.74, 6) is -0.225. The van der Waals surface area contributed by atoms with Crippen LogP contribution in [0, 0.1) is 19.7 Å². The van der Waals surface area contributed by atoms with Crippen LogP contribution in [0.4, 0.5) is 4.39 Å². The van der Waals surface area contributed by atoms with Crippen LogP contribution in [0.2, 0.25) is 0 Å². The summed E-state index contributed by atoms with van der Waals surface area (Å²) in [5, 5.41) is 0. The van der Waals surface area contributed by atoms with Crippen LogP contribution in [0.15, 0.2) is 60.7 Å². The van der Waals surface area contributed by atoms with E-state index < -0.39 is 0 Å². The van der Waals surface area contributed by atoms with Gasteiger partial charge in [-0.1, -0.05) is 30.3 Å². The molecule has 1 N–H and O–H groups in total. The number of halogens is 1. The van der Waals surface area contributed by atoms with Crippen LogP contribution in [-0.2, 0) is 18.0 Å². The Kier molecular flexibility index (Phi) is 5.08. The van der Waals surface area contributed by atoms with E-state index >= 15 is 0 Å². The first-order valence-corrected chi connectivity index (χ1v) is 7.97. The van der Waals surface area contributed by atoms with Gasteiger partial charge in [0.15, 0.2) is 0 Å². The highest BCUT2D eigenvalue weighted by Gasteiger charge is 2.10. The molecule has 3 rings (SSSR count). The van der Waals surface area contributed by atoms with E-state index in [1.807, 2.05) is 37.3 Å². The van der Waals surface area contributed by atoms with Crippen LogP contribution in [0.5, 0.6) is 0 Å². The minimum Gasteiger partial charge on any atom is -0.318 e. The van der Waals surface area contributed by atoms with Crippen molar-refractivity contribution < 1.29 is 9.23 Å². The van der Waals surface area contributed by atoms with E-state index in [0.29, 0.717) is 13.2 Å². The van der Waals surface area contributed by atoms with Gasteiger partial charge in [0.2, 0.25) is 0 Å². The molecule has 3 nitrogen and oxygen atoms in total. The van der Waals surface area contributed by atoms with Crippen LogP contribution < -0.4 is 5.48 Å². The van der Waals surface area contributed by atoms with Crippen LogP contribution in [-0.4, -0.2) is 4.57 Å². The number of hydrogen-bond acceptors (Lipinski definition) is 2. The number of rotatable bonds is 6. The molecule has 0 saturated heterocycles. The van der Waals surface area contributed by atoms with Gasteiger partial charge in [0.1, 0.15) is 5.82 Å². The number of aromatic nitrogens is 1. The Bertz CT molecular complexity index is 795. The lowest BCUT2D eigenvalue weighted by molar-refractivity contribution is 0.0234. The fraction of sp³-hybridized carbons (Fsp3) is 0.200. The van der Waals surface area contributed by atoms with Crippen LogP contribution in [0.25, 0.3) is 5.69 Å². The molecule has 4 heteroatoms. The third kappa shape index (κ3) is 3.72. The molecular formula is C20H21FN2O. The van der Waals surface area contributed by atoms with E-state index in [4.69, 9.17) is 4.84 Å². The predicted molar refractivity (Wildman–Crippen MR) is 93.3 cm³/mol. The molecule has 0 bridgehead atoms. The molecule has 0 spiro atoms. The summed E-state index contributed by atoms with van der Waals surface area (Å²) in [5.41, 5.74) is 8.49. The van der Waals surface area contributed by atoms with Gasteiger partial charge in [0.05, 0.1) is 6.61 Å². The summed E-state index contributed by atoms with van der Waals surface area (Å²) in [6, 6.07) is 18.7. The van der Waals surface area contributed by atoms with Crippen molar-refractivity contribution in [2.75, 3.05) is 0 Å². The second kappa shape index (κ2) is 7.43. The summed E-state index contributed by atoms with van der Waals surface area (Å²) in [7, 11) is 0. The number of hydrogen-bond donors (Lipinski definition) is 1. The second-order valence-electron chi connectivity index (χ2n) is 5.80. The summed E-state index contributed by atoms with van der Waals surface area (Å²) in [6.45, 7) is 5.25. The molecule has 0 amide bonds. The topological polar surface area (TPSA) is 26.2 Å². The summed E-state index contributed by atoms with van der Waals surface area (Å²) >= 11 is 0. The van der Waals surface area contributed by atoms with Crippen molar-refractivity contribution in [1.29, 1.82) is 0 Å². The minimum absolute atomic E-state index is 0.225. The Morgan fingerprint density at radius 3 is 2.42 bits per heavy atom. The molecule has 2 aromatic carbocycles. The highest BCUT2D eigenvalue weighted by atomic mass is 19.1. The molecule has 0 aliphatic heterocycles. The molecule has 0 aliphatic rings. The van der Waals surface area contributed by atoms with Crippen molar-refractivity contribution in [3.63, 3.8) is 0 Å². The Balaban J connectivity index is 1.64. The molecule has 1 aromatic heterocycles. The molecule has 0 saturated carbocycles. The van der Waals surface area contributed by atoms with Crippen LogP contribution >= 0.6 is 0 Å². The van der Waals surface area contributed by atoms with E-state index in [1.165, 1.54) is 12.1 Å². The summed E-state index contributed by atoms with van der Waals surface area (Å²) in [6.07, 6.45) is 0. The smallest absolute Gasteiger partial charge is 0.123 e. The van der Waals surface area contributed by atoms with Gasteiger partial charge in [-0.15, -0.1) is 0 Å². The molecule has 0 aliphatic carbocycles. The molecule has 0 unspecified atom stereocenters. The van der Waals surface area contributed by atoms with Gasteiger partial charge in [-0.2, -0.15) is 5.48 Å². The SMILES string of the molecule is Cc1cc(CNOCc2ccccc2)c(C)n1-c1ccc(F)cc1. The predicted octanol–water partition coefficient (Wildman–Crippen LogP) is 4.45. The second-order valence-corrected chi connectivity index (χ2v) is 5.80. The maximum atomic E-state index is 13.1. The minimum atomic E-state index is -0.225. The molecular weight excluding hydrogens is 303 g/mol. The largest absolute Gasteiger partial charge is 0.318 e. The molecule has 124 valence electrons. The van der Waals surface area contributed by atoms with Crippen molar-refractivity contribution >= 4 is 0 Å². The van der Waals surface area contributed by atoms with Gasteiger partial charge >= 0.3 is 0 Å². The van der Waals surface area contributed by atoms with Gasteiger partial charge in [0, 0.05) is 23.6 Å². The van der Waals surface area contributed by atoms with Gasteiger partial charge < -0.3 is 4.57 Å². The quantitative estimate of drug-likeness (QED) is 0.535. The Labute approximate surface area is 141 Å². The monoisotopic (exact) mass is 324 g/mol. The zero-order valence-electron chi connectivity index (χ0n) is 13.9.